The van der Waals surface area contributed by atoms with Crippen LogP contribution in [0.15, 0.2) is 17.8 Å². The number of allylic oxidation sites excluding steroid dienone is 1. The average Bonchev–Trinajstić information content (AvgIpc) is 2.96. The van der Waals surface area contributed by atoms with Crippen molar-refractivity contribution in [3.63, 3.8) is 0 Å². The van der Waals surface area contributed by atoms with Gasteiger partial charge in [0.2, 0.25) is 0 Å². The van der Waals surface area contributed by atoms with Crippen LogP contribution in [0.2, 0.25) is 0 Å². The zero-order valence-corrected chi connectivity index (χ0v) is 10.4. The third-order valence-corrected chi connectivity index (χ3v) is 4.09. The third-order valence-electron chi connectivity index (χ3n) is 4.09. The molecule has 0 spiro atoms. The van der Waals surface area contributed by atoms with Crippen LogP contribution in [-0.4, -0.2) is 16.1 Å². The van der Waals surface area contributed by atoms with Gasteiger partial charge < -0.3 is 5.11 Å². The van der Waals surface area contributed by atoms with Crippen molar-refractivity contribution in [2.45, 2.75) is 38.5 Å². The predicted molar refractivity (Wildman–Crippen MR) is 69.5 cm³/mol. The van der Waals surface area contributed by atoms with E-state index in [0.29, 0.717) is 5.56 Å². The molecular weight excluding hydrogens is 226 g/mol. The van der Waals surface area contributed by atoms with Gasteiger partial charge in [-0.15, -0.1) is 0 Å². The molecule has 2 aliphatic carbocycles. The van der Waals surface area contributed by atoms with Gasteiger partial charge in [0.15, 0.2) is 0 Å². The number of aromatic nitrogens is 1. The summed E-state index contributed by atoms with van der Waals surface area (Å²) in [7, 11) is 0. The topological polar surface area (TPSA) is 50.2 Å². The largest absolute Gasteiger partial charge is 0.478 e. The van der Waals surface area contributed by atoms with Gasteiger partial charge in [-0.1, -0.05) is 31.3 Å². The molecule has 18 heavy (non-hydrogen) atoms. The predicted octanol–water partition coefficient (Wildman–Crippen LogP) is 3.30. The fourth-order valence-corrected chi connectivity index (χ4v) is 3.21. The zero-order valence-electron chi connectivity index (χ0n) is 10.4. The maximum atomic E-state index is 11.2. The van der Waals surface area contributed by atoms with Crippen LogP contribution in [0.1, 0.15) is 53.7 Å². The Morgan fingerprint density at radius 1 is 1.39 bits per heavy atom. The van der Waals surface area contributed by atoms with Crippen LogP contribution in [0.25, 0.3) is 6.08 Å². The molecule has 0 amide bonds. The molecule has 94 valence electrons. The first-order chi connectivity index (χ1) is 8.74. The zero-order chi connectivity index (χ0) is 12.5. The summed E-state index contributed by atoms with van der Waals surface area (Å²) in [5.74, 6) is -0.0389. The van der Waals surface area contributed by atoms with Gasteiger partial charge in [-0.2, -0.15) is 0 Å². The minimum atomic E-state index is -0.843. The molecule has 1 aromatic rings. The highest BCUT2D eigenvalue weighted by atomic mass is 16.4. The number of hydrogen-bond donors (Lipinski definition) is 1. The van der Waals surface area contributed by atoms with Crippen molar-refractivity contribution < 1.29 is 9.90 Å². The molecule has 1 fully saturated rings. The van der Waals surface area contributed by atoms with Crippen molar-refractivity contribution in [2.75, 3.05) is 0 Å². The van der Waals surface area contributed by atoms with Crippen molar-refractivity contribution >= 4 is 12.0 Å². The van der Waals surface area contributed by atoms with Gasteiger partial charge in [-0.25, -0.2) is 4.79 Å². The van der Waals surface area contributed by atoms with Gasteiger partial charge in [0.25, 0.3) is 0 Å². The molecule has 0 atom stereocenters. The van der Waals surface area contributed by atoms with E-state index in [1.165, 1.54) is 31.3 Å². The number of carbonyl (C=O) groups is 1. The van der Waals surface area contributed by atoms with E-state index in [4.69, 9.17) is 5.11 Å². The Morgan fingerprint density at radius 2 is 2.17 bits per heavy atom. The van der Waals surface area contributed by atoms with Gasteiger partial charge >= 0.3 is 5.97 Å². The van der Waals surface area contributed by atoms with E-state index in [1.807, 2.05) is 0 Å². The van der Waals surface area contributed by atoms with E-state index < -0.39 is 5.97 Å². The van der Waals surface area contributed by atoms with Crippen molar-refractivity contribution in [1.82, 2.24) is 4.98 Å². The Labute approximate surface area is 107 Å². The maximum absolute atomic E-state index is 11.2. The lowest BCUT2D eigenvalue weighted by Gasteiger charge is -2.09. The fraction of sp³-hybridized carbons (Fsp3) is 0.467. The van der Waals surface area contributed by atoms with Crippen LogP contribution in [-0.2, 0) is 6.42 Å². The van der Waals surface area contributed by atoms with Crippen molar-refractivity contribution in [1.29, 1.82) is 0 Å². The minimum absolute atomic E-state index is 0.415. The Bertz CT molecular complexity index is 513. The molecule has 0 saturated heterocycles. The summed E-state index contributed by atoms with van der Waals surface area (Å²) in [6, 6.07) is 1.60. The van der Waals surface area contributed by atoms with Gasteiger partial charge in [-0.3, -0.25) is 4.98 Å². The number of nitrogens with zero attached hydrogens (tertiary/aromatic N) is 1. The summed E-state index contributed by atoms with van der Waals surface area (Å²) in [5, 5.41) is 9.17. The lowest BCUT2D eigenvalue weighted by Crippen LogP contribution is -2.04. The summed E-state index contributed by atoms with van der Waals surface area (Å²) in [6.07, 6.45) is 10.9. The molecule has 0 aromatic carbocycles. The Balaban J connectivity index is 1.79. The van der Waals surface area contributed by atoms with Crippen molar-refractivity contribution in [2.24, 2.45) is 5.92 Å². The summed E-state index contributed by atoms with van der Waals surface area (Å²) in [5.41, 5.74) is 3.54. The summed E-state index contributed by atoms with van der Waals surface area (Å²) >= 11 is 0. The highest BCUT2D eigenvalue weighted by Crippen LogP contribution is 2.35. The molecule has 0 aliphatic heterocycles. The van der Waals surface area contributed by atoms with Gasteiger partial charge in [0.05, 0.1) is 11.3 Å². The number of fused-ring (bicyclic) bond motifs is 1. The van der Waals surface area contributed by atoms with Crippen LogP contribution in [0.4, 0.5) is 0 Å². The Kier molecular flexibility index (Phi) is 2.90. The van der Waals surface area contributed by atoms with Gasteiger partial charge in [0.1, 0.15) is 0 Å². The van der Waals surface area contributed by atoms with Crippen LogP contribution >= 0.6 is 0 Å². The first-order valence-corrected chi connectivity index (χ1v) is 6.64. The molecule has 1 aromatic heterocycles. The maximum Gasteiger partial charge on any atom is 0.336 e. The fourth-order valence-electron chi connectivity index (χ4n) is 3.21. The van der Waals surface area contributed by atoms with E-state index >= 15 is 0 Å². The number of rotatable bonds is 3. The number of pyridine rings is 1. The highest BCUT2D eigenvalue weighted by Gasteiger charge is 2.23. The molecule has 1 saturated carbocycles. The second kappa shape index (κ2) is 4.56. The van der Waals surface area contributed by atoms with Crippen molar-refractivity contribution in [3.8, 4) is 0 Å². The first-order valence-electron chi connectivity index (χ1n) is 6.64. The third kappa shape index (κ3) is 2.05. The molecule has 1 N–H and O–H groups in total. The van der Waals surface area contributed by atoms with E-state index in [2.05, 4.69) is 11.1 Å². The van der Waals surface area contributed by atoms with E-state index in [0.717, 1.165) is 30.0 Å². The lowest BCUT2D eigenvalue weighted by molar-refractivity contribution is 0.0695. The SMILES string of the molecule is O=C(O)c1ccnc2c1CC(CC1CCCC1)=C2. The summed E-state index contributed by atoms with van der Waals surface area (Å²) < 4.78 is 0. The van der Waals surface area contributed by atoms with Gasteiger partial charge in [-0.05, 0) is 36.5 Å². The average molecular weight is 243 g/mol. The smallest absolute Gasteiger partial charge is 0.336 e. The molecule has 0 bridgehead atoms. The number of carboxylic acid groups (broad SMARTS) is 1. The molecule has 3 nitrogen and oxygen atoms in total. The van der Waals surface area contributed by atoms with Crippen LogP contribution in [0, 0.1) is 5.92 Å². The number of hydrogen-bond acceptors (Lipinski definition) is 2. The molecular formula is C15H17NO2. The number of aromatic carboxylic acids is 1. The second-order valence-corrected chi connectivity index (χ2v) is 5.36. The monoisotopic (exact) mass is 243 g/mol. The Morgan fingerprint density at radius 3 is 2.89 bits per heavy atom. The van der Waals surface area contributed by atoms with Crippen LogP contribution in [0.3, 0.4) is 0 Å². The summed E-state index contributed by atoms with van der Waals surface area (Å²) in [6.45, 7) is 0. The lowest BCUT2D eigenvalue weighted by atomic mass is 9.96. The van der Waals surface area contributed by atoms with Crippen LogP contribution < -0.4 is 0 Å². The summed E-state index contributed by atoms with van der Waals surface area (Å²) in [4.78, 5) is 15.4. The standard InChI is InChI=1S/C15H17NO2/c17-15(18)12-5-6-16-14-9-11(8-13(12)14)7-10-3-1-2-4-10/h5-6,9-10H,1-4,7-8H2,(H,17,18). The minimum Gasteiger partial charge on any atom is -0.478 e. The highest BCUT2D eigenvalue weighted by molar-refractivity contribution is 5.91. The normalized spacial score (nSPS) is 18.8. The van der Waals surface area contributed by atoms with Crippen LogP contribution in [0.5, 0.6) is 0 Å². The van der Waals surface area contributed by atoms with E-state index in [1.54, 1.807) is 12.3 Å². The quantitative estimate of drug-likeness (QED) is 0.886. The molecule has 1 heterocycles. The van der Waals surface area contributed by atoms with Gasteiger partial charge in [0, 0.05) is 6.20 Å². The van der Waals surface area contributed by atoms with Crippen molar-refractivity contribution in [3.05, 3.63) is 34.7 Å². The molecule has 3 rings (SSSR count). The Hall–Kier alpha value is -1.64. The molecule has 0 unspecified atom stereocenters. The molecule has 2 aliphatic rings. The van der Waals surface area contributed by atoms with E-state index in [-0.39, 0.29) is 0 Å². The second-order valence-electron chi connectivity index (χ2n) is 5.36. The first kappa shape index (κ1) is 11.5. The van der Waals surface area contributed by atoms with E-state index in [9.17, 15) is 4.79 Å². The number of carboxylic acids is 1. The molecule has 3 heteroatoms. The molecule has 0 radical (unpaired) electrons.